The highest BCUT2D eigenvalue weighted by atomic mass is 35.5. The van der Waals surface area contributed by atoms with Crippen LogP contribution in [-0.2, 0) is 17.8 Å². The predicted molar refractivity (Wildman–Crippen MR) is 123 cm³/mol. The van der Waals surface area contributed by atoms with E-state index in [1.807, 2.05) is 19.1 Å². The van der Waals surface area contributed by atoms with E-state index in [2.05, 4.69) is 26.1 Å². The van der Waals surface area contributed by atoms with Crippen LogP contribution in [-0.4, -0.2) is 27.2 Å². The van der Waals surface area contributed by atoms with Crippen LogP contribution >= 0.6 is 24.8 Å². The molecule has 1 aromatic carbocycles. The van der Waals surface area contributed by atoms with Crippen molar-refractivity contribution in [1.82, 2.24) is 14.8 Å². The lowest BCUT2D eigenvalue weighted by Crippen LogP contribution is -2.12. The maximum absolute atomic E-state index is 12.3. The molecular weight excluding hydrogens is 409 g/mol. The normalized spacial score (nSPS) is 12.9. The van der Waals surface area contributed by atoms with Crippen molar-refractivity contribution in [2.45, 2.75) is 71.3 Å². The monoisotopic (exact) mass is 441 g/mol. The second kappa shape index (κ2) is 12.8. The molecule has 0 unspecified atom stereocenters. The van der Waals surface area contributed by atoms with Gasteiger partial charge in [-0.15, -0.1) is 35.0 Å². The van der Waals surface area contributed by atoms with Gasteiger partial charge >= 0.3 is 0 Å². The minimum atomic E-state index is 0. The Labute approximate surface area is 185 Å². The van der Waals surface area contributed by atoms with E-state index in [9.17, 15) is 4.79 Å². The maximum atomic E-state index is 12.3. The van der Waals surface area contributed by atoms with Crippen molar-refractivity contribution in [3.05, 3.63) is 29.6 Å². The van der Waals surface area contributed by atoms with Crippen molar-refractivity contribution in [2.75, 3.05) is 11.9 Å². The van der Waals surface area contributed by atoms with Crippen molar-refractivity contribution in [3.63, 3.8) is 0 Å². The fourth-order valence-electron chi connectivity index (χ4n) is 3.59. The molecule has 0 aliphatic carbocycles. The summed E-state index contributed by atoms with van der Waals surface area (Å²) in [5.41, 5.74) is 8.44. The Morgan fingerprint density at radius 3 is 2.69 bits per heavy atom. The first-order chi connectivity index (χ1) is 13.2. The number of nitrogens with two attached hydrogens (primary N) is 1. The number of carbonyl (C=O) groups is 1. The second-order valence-corrected chi connectivity index (χ2v) is 7.43. The molecule has 1 aliphatic rings. The number of nitrogens with one attached hydrogen (secondary N) is 1. The van der Waals surface area contributed by atoms with E-state index in [-0.39, 0.29) is 30.7 Å². The summed E-state index contributed by atoms with van der Waals surface area (Å²) in [6.07, 6.45) is 9.21. The number of hydrogen-bond donors (Lipinski definition) is 2. The number of benzene rings is 1. The zero-order chi connectivity index (χ0) is 19.1. The van der Waals surface area contributed by atoms with Crippen LogP contribution in [0.2, 0.25) is 0 Å². The topological polar surface area (TPSA) is 85.8 Å². The first-order valence-corrected chi connectivity index (χ1v) is 10.2. The number of rotatable bonds is 8. The lowest BCUT2D eigenvalue weighted by atomic mass is 10.1. The molecule has 2 heterocycles. The van der Waals surface area contributed by atoms with Crippen molar-refractivity contribution in [3.8, 4) is 11.4 Å². The fraction of sp³-hybridized carbons (Fsp3) is 0.571. The number of hydrogen-bond acceptors (Lipinski definition) is 4. The molecule has 8 heteroatoms. The summed E-state index contributed by atoms with van der Waals surface area (Å²) in [5.74, 6) is 2.05. The predicted octanol–water partition coefficient (Wildman–Crippen LogP) is 4.67. The summed E-state index contributed by atoms with van der Waals surface area (Å²) in [6.45, 7) is 3.71. The molecule has 0 spiro atoms. The van der Waals surface area contributed by atoms with Gasteiger partial charge in [0.2, 0.25) is 5.91 Å². The van der Waals surface area contributed by atoms with Crippen LogP contribution in [0.15, 0.2) is 18.2 Å². The molecule has 3 rings (SSSR count). The maximum Gasteiger partial charge on any atom is 0.224 e. The smallest absolute Gasteiger partial charge is 0.224 e. The van der Waals surface area contributed by atoms with Crippen molar-refractivity contribution in [2.24, 2.45) is 5.73 Å². The third-order valence-electron chi connectivity index (χ3n) is 5.24. The number of carbonyl (C=O) groups excluding carboxylic acids is 1. The molecule has 1 aromatic heterocycles. The second-order valence-electron chi connectivity index (χ2n) is 7.43. The Bertz CT molecular complexity index is 778. The van der Waals surface area contributed by atoms with Crippen LogP contribution in [0.25, 0.3) is 11.4 Å². The Balaban J connectivity index is 0.00000210. The van der Waals surface area contributed by atoms with E-state index in [0.29, 0.717) is 6.42 Å². The van der Waals surface area contributed by atoms with Gasteiger partial charge in [0.15, 0.2) is 5.82 Å². The molecule has 0 radical (unpaired) electrons. The fourth-order valence-corrected chi connectivity index (χ4v) is 3.59. The van der Waals surface area contributed by atoms with Gasteiger partial charge in [0, 0.05) is 30.6 Å². The standard InChI is InChI=1S/C21H31N5O.2ClH/c1-16-11-12-17(21-25-24-19-9-5-4-8-14-26(19)21)15-18(16)23-20(27)10-6-2-3-7-13-22;;/h11-12,15H,2-10,13-14,22H2,1H3,(H,23,27);2*1H. The van der Waals surface area contributed by atoms with Gasteiger partial charge < -0.3 is 15.6 Å². The molecule has 0 bridgehead atoms. The first-order valence-electron chi connectivity index (χ1n) is 10.2. The number of amides is 1. The largest absolute Gasteiger partial charge is 0.330 e. The third-order valence-corrected chi connectivity index (χ3v) is 5.24. The minimum Gasteiger partial charge on any atom is -0.330 e. The number of aryl methyl sites for hydroxylation is 2. The minimum absolute atomic E-state index is 0. The van der Waals surface area contributed by atoms with Gasteiger partial charge in [-0.1, -0.05) is 31.4 Å². The summed E-state index contributed by atoms with van der Waals surface area (Å²) >= 11 is 0. The zero-order valence-electron chi connectivity index (χ0n) is 17.2. The number of halogens is 2. The van der Waals surface area contributed by atoms with Crippen LogP contribution < -0.4 is 11.1 Å². The van der Waals surface area contributed by atoms with Gasteiger partial charge in [0.1, 0.15) is 5.82 Å². The summed E-state index contributed by atoms with van der Waals surface area (Å²) in [7, 11) is 0. The molecule has 1 amide bonds. The molecule has 0 atom stereocenters. The van der Waals surface area contributed by atoms with Gasteiger partial charge in [-0.25, -0.2) is 0 Å². The zero-order valence-corrected chi connectivity index (χ0v) is 18.8. The Morgan fingerprint density at radius 1 is 1.10 bits per heavy atom. The van der Waals surface area contributed by atoms with Crippen LogP contribution in [0, 0.1) is 6.92 Å². The Morgan fingerprint density at radius 2 is 1.90 bits per heavy atom. The molecule has 3 N–H and O–H groups in total. The average Bonchev–Trinajstić information content (AvgIpc) is 2.91. The van der Waals surface area contributed by atoms with E-state index in [4.69, 9.17) is 5.73 Å². The van der Waals surface area contributed by atoms with E-state index in [1.54, 1.807) is 0 Å². The summed E-state index contributed by atoms with van der Waals surface area (Å²) < 4.78 is 2.24. The number of nitrogens with zero attached hydrogens (tertiary/aromatic N) is 3. The van der Waals surface area contributed by atoms with Crippen molar-refractivity contribution in [1.29, 1.82) is 0 Å². The third kappa shape index (κ3) is 6.98. The van der Waals surface area contributed by atoms with Crippen LogP contribution in [0.3, 0.4) is 0 Å². The van der Waals surface area contributed by atoms with Crippen molar-refractivity contribution >= 4 is 36.4 Å². The Hall–Kier alpha value is -1.63. The molecule has 162 valence electrons. The van der Waals surface area contributed by atoms with E-state index in [1.165, 1.54) is 12.8 Å². The first kappa shape index (κ1) is 25.4. The van der Waals surface area contributed by atoms with E-state index in [0.717, 1.165) is 80.1 Å². The summed E-state index contributed by atoms with van der Waals surface area (Å²) in [5, 5.41) is 11.9. The average molecular weight is 442 g/mol. The number of anilines is 1. The lowest BCUT2D eigenvalue weighted by molar-refractivity contribution is -0.116. The molecule has 0 saturated heterocycles. The van der Waals surface area contributed by atoms with Gasteiger partial charge in [-0.2, -0.15) is 0 Å². The molecule has 0 saturated carbocycles. The molecule has 29 heavy (non-hydrogen) atoms. The van der Waals surface area contributed by atoms with Gasteiger partial charge in [-0.3, -0.25) is 4.79 Å². The highest BCUT2D eigenvalue weighted by Gasteiger charge is 2.17. The van der Waals surface area contributed by atoms with Gasteiger partial charge in [0.25, 0.3) is 0 Å². The number of fused-ring (bicyclic) bond motifs is 1. The van der Waals surface area contributed by atoms with E-state index < -0.39 is 0 Å². The number of unbranched alkanes of at least 4 members (excludes halogenated alkanes) is 3. The SMILES string of the molecule is Cc1ccc(-c2nnc3n2CCCCC3)cc1NC(=O)CCCCCCN.Cl.Cl. The molecule has 0 fully saturated rings. The van der Waals surface area contributed by atoms with Crippen LogP contribution in [0.4, 0.5) is 5.69 Å². The molecule has 6 nitrogen and oxygen atoms in total. The van der Waals surface area contributed by atoms with Gasteiger partial charge in [-0.05, 0) is 50.8 Å². The summed E-state index contributed by atoms with van der Waals surface area (Å²) in [4.78, 5) is 12.3. The van der Waals surface area contributed by atoms with Crippen LogP contribution in [0.5, 0.6) is 0 Å². The van der Waals surface area contributed by atoms with Crippen molar-refractivity contribution < 1.29 is 4.79 Å². The molecule has 2 aromatic rings. The van der Waals surface area contributed by atoms with Crippen LogP contribution in [0.1, 0.15) is 62.8 Å². The quantitative estimate of drug-likeness (QED) is 0.582. The summed E-state index contributed by atoms with van der Waals surface area (Å²) in [6, 6.07) is 6.15. The van der Waals surface area contributed by atoms with E-state index >= 15 is 0 Å². The van der Waals surface area contributed by atoms with Gasteiger partial charge in [0.05, 0.1) is 0 Å². The molecular formula is C21H33Cl2N5O. The highest BCUT2D eigenvalue weighted by molar-refractivity contribution is 5.92. The lowest BCUT2D eigenvalue weighted by Gasteiger charge is -2.12. The molecule has 1 aliphatic heterocycles. The Kier molecular flexibility index (Phi) is 11.2. The number of aromatic nitrogens is 3. The highest BCUT2D eigenvalue weighted by Crippen LogP contribution is 2.27.